The van der Waals surface area contributed by atoms with Crippen molar-refractivity contribution < 1.29 is 4.74 Å². The first kappa shape index (κ1) is 14.1. The van der Waals surface area contributed by atoms with Gasteiger partial charge >= 0.3 is 6.01 Å². The molecule has 0 amide bonds. The molecule has 1 N–H and O–H groups in total. The molecule has 1 heterocycles. The number of nitrogens with zero attached hydrogens (tertiary/aromatic N) is 3. The van der Waals surface area contributed by atoms with Crippen LogP contribution in [0.15, 0.2) is 36.7 Å². The van der Waals surface area contributed by atoms with E-state index in [0.29, 0.717) is 12.6 Å². The molecular weight excluding hydrogens is 264 g/mol. The summed E-state index contributed by atoms with van der Waals surface area (Å²) >= 11 is 0. The smallest absolute Gasteiger partial charge is 0.335 e. The Balaban J connectivity index is 1.54. The van der Waals surface area contributed by atoms with E-state index in [9.17, 15) is 0 Å². The van der Waals surface area contributed by atoms with Crippen LogP contribution < -0.4 is 10.1 Å². The van der Waals surface area contributed by atoms with Crippen LogP contribution in [-0.4, -0.2) is 34.0 Å². The molecule has 0 spiro atoms. The summed E-state index contributed by atoms with van der Waals surface area (Å²) < 4.78 is 7.47. The topological polar surface area (TPSA) is 52.0 Å². The minimum atomic E-state index is 0.0702. The van der Waals surface area contributed by atoms with Gasteiger partial charge in [0.1, 0.15) is 6.33 Å². The third-order valence-electron chi connectivity index (χ3n) is 3.53. The van der Waals surface area contributed by atoms with Crippen molar-refractivity contribution in [2.45, 2.75) is 32.7 Å². The Morgan fingerprint density at radius 2 is 2.05 bits per heavy atom. The van der Waals surface area contributed by atoms with Crippen LogP contribution in [0.5, 0.6) is 6.01 Å². The van der Waals surface area contributed by atoms with Gasteiger partial charge in [-0.25, -0.2) is 4.68 Å². The standard InChI is InChI=1S/C16H22N4O/c1-16(2,10-17-13-8-9-13)11-21-15-18-12-20(19-15)14-6-4-3-5-7-14/h3-7,12-13,17H,8-11H2,1-2H3. The molecule has 0 radical (unpaired) electrons. The van der Waals surface area contributed by atoms with Crippen molar-refractivity contribution in [3.8, 4) is 11.7 Å². The van der Waals surface area contributed by atoms with E-state index >= 15 is 0 Å². The number of para-hydroxylation sites is 1. The van der Waals surface area contributed by atoms with Crippen molar-refractivity contribution in [1.29, 1.82) is 0 Å². The second kappa shape index (κ2) is 5.85. The van der Waals surface area contributed by atoms with E-state index in [1.165, 1.54) is 12.8 Å². The summed E-state index contributed by atoms with van der Waals surface area (Å²) in [4.78, 5) is 4.21. The molecule has 0 bridgehead atoms. The lowest BCUT2D eigenvalue weighted by Gasteiger charge is -2.24. The Morgan fingerprint density at radius 1 is 1.29 bits per heavy atom. The van der Waals surface area contributed by atoms with Gasteiger partial charge in [-0.3, -0.25) is 0 Å². The summed E-state index contributed by atoms with van der Waals surface area (Å²) in [5, 5.41) is 7.89. The average Bonchev–Trinajstić information content (AvgIpc) is 3.21. The molecule has 0 unspecified atom stereocenters. The lowest BCUT2D eigenvalue weighted by atomic mass is 9.95. The minimum Gasteiger partial charge on any atom is -0.462 e. The number of hydrogen-bond acceptors (Lipinski definition) is 4. The molecule has 112 valence electrons. The quantitative estimate of drug-likeness (QED) is 0.849. The Morgan fingerprint density at radius 3 is 2.76 bits per heavy atom. The zero-order valence-corrected chi connectivity index (χ0v) is 12.6. The average molecular weight is 286 g/mol. The molecule has 0 aliphatic heterocycles. The number of ether oxygens (including phenoxy) is 1. The summed E-state index contributed by atoms with van der Waals surface area (Å²) in [5.41, 5.74) is 1.05. The summed E-state index contributed by atoms with van der Waals surface area (Å²) in [5.74, 6) is 0. The summed E-state index contributed by atoms with van der Waals surface area (Å²) in [6, 6.07) is 11.1. The Bertz CT molecular complexity index is 575. The van der Waals surface area contributed by atoms with Crippen molar-refractivity contribution >= 4 is 0 Å². The van der Waals surface area contributed by atoms with E-state index < -0.39 is 0 Å². The maximum atomic E-state index is 5.74. The monoisotopic (exact) mass is 286 g/mol. The molecule has 1 aromatic carbocycles. The fourth-order valence-electron chi connectivity index (χ4n) is 2.04. The van der Waals surface area contributed by atoms with Gasteiger partial charge < -0.3 is 10.1 Å². The highest BCUT2D eigenvalue weighted by Gasteiger charge is 2.26. The van der Waals surface area contributed by atoms with Crippen LogP contribution in [-0.2, 0) is 0 Å². The predicted octanol–water partition coefficient (Wildman–Crippen LogP) is 2.42. The third-order valence-corrected chi connectivity index (χ3v) is 3.53. The van der Waals surface area contributed by atoms with E-state index in [4.69, 9.17) is 4.74 Å². The maximum Gasteiger partial charge on any atom is 0.335 e. The van der Waals surface area contributed by atoms with E-state index in [1.54, 1.807) is 11.0 Å². The largest absolute Gasteiger partial charge is 0.462 e. The molecule has 1 aromatic heterocycles. The van der Waals surface area contributed by atoms with E-state index in [-0.39, 0.29) is 5.41 Å². The van der Waals surface area contributed by atoms with Crippen LogP contribution in [0.4, 0.5) is 0 Å². The number of rotatable bonds is 7. The van der Waals surface area contributed by atoms with Gasteiger partial charge in [0.15, 0.2) is 0 Å². The molecule has 5 heteroatoms. The van der Waals surface area contributed by atoms with Crippen LogP contribution >= 0.6 is 0 Å². The SMILES string of the molecule is CC(C)(CNC1CC1)COc1ncn(-c2ccccc2)n1. The first-order chi connectivity index (χ1) is 10.1. The highest BCUT2D eigenvalue weighted by atomic mass is 16.5. The normalized spacial score (nSPS) is 15.1. The van der Waals surface area contributed by atoms with Crippen LogP contribution in [0, 0.1) is 5.41 Å². The van der Waals surface area contributed by atoms with Crippen molar-refractivity contribution in [2.24, 2.45) is 5.41 Å². The molecule has 1 aliphatic rings. The molecule has 2 aromatic rings. The molecule has 3 rings (SSSR count). The number of hydrogen-bond donors (Lipinski definition) is 1. The Kier molecular flexibility index (Phi) is 3.92. The lowest BCUT2D eigenvalue weighted by Crippen LogP contribution is -2.35. The molecule has 1 saturated carbocycles. The summed E-state index contributed by atoms with van der Waals surface area (Å²) in [6.45, 7) is 5.94. The van der Waals surface area contributed by atoms with Gasteiger partial charge in [-0.05, 0) is 25.0 Å². The fraction of sp³-hybridized carbons (Fsp3) is 0.500. The fourth-order valence-corrected chi connectivity index (χ4v) is 2.04. The zero-order chi connectivity index (χ0) is 14.7. The van der Waals surface area contributed by atoms with Crippen molar-refractivity contribution in [3.05, 3.63) is 36.7 Å². The number of aromatic nitrogens is 3. The van der Waals surface area contributed by atoms with Crippen LogP contribution in [0.2, 0.25) is 0 Å². The van der Waals surface area contributed by atoms with Gasteiger partial charge in [0, 0.05) is 18.0 Å². The second-order valence-electron chi connectivity index (χ2n) is 6.42. The minimum absolute atomic E-state index is 0.0702. The van der Waals surface area contributed by atoms with Gasteiger partial charge in [-0.15, -0.1) is 5.10 Å². The van der Waals surface area contributed by atoms with Crippen molar-refractivity contribution in [2.75, 3.05) is 13.2 Å². The highest BCUT2D eigenvalue weighted by molar-refractivity contribution is 5.29. The second-order valence-corrected chi connectivity index (χ2v) is 6.42. The van der Waals surface area contributed by atoms with Gasteiger partial charge in [-0.2, -0.15) is 4.98 Å². The molecule has 1 fully saturated rings. The Labute approximate surface area is 125 Å². The molecule has 5 nitrogen and oxygen atoms in total. The van der Waals surface area contributed by atoms with Crippen molar-refractivity contribution in [3.63, 3.8) is 0 Å². The lowest BCUT2D eigenvalue weighted by molar-refractivity contribution is 0.165. The van der Waals surface area contributed by atoms with Gasteiger partial charge in [0.05, 0.1) is 12.3 Å². The van der Waals surface area contributed by atoms with E-state index in [0.717, 1.165) is 18.3 Å². The van der Waals surface area contributed by atoms with E-state index in [1.807, 2.05) is 30.3 Å². The predicted molar refractivity (Wildman–Crippen MR) is 81.7 cm³/mol. The summed E-state index contributed by atoms with van der Waals surface area (Å²) in [6.07, 6.45) is 4.29. The first-order valence-corrected chi connectivity index (χ1v) is 7.46. The van der Waals surface area contributed by atoms with Crippen LogP contribution in [0.1, 0.15) is 26.7 Å². The molecule has 0 saturated heterocycles. The van der Waals surface area contributed by atoms with Gasteiger partial charge in [0.2, 0.25) is 0 Å². The zero-order valence-electron chi connectivity index (χ0n) is 12.6. The highest BCUT2D eigenvalue weighted by Crippen LogP contribution is 2.22. The number of nitrogens with one attached hydrogen (secondary N) is 1. The van der Waals surface area contributed by atoms with Gasteiger partial charge in [-0.1, -0.05) is 32.0 Å². The molecule has 0 atom stereocenters. The van der Waals surface area contributed by atoms with Crippen molar-refractivity contribution in [1.82, 2.24) is 20.1 Å². The number of benzene rings is 1. The molecule has 21 heavy (non-hydrogen) atoms. The van der Waals surface area contributed by atoms with Crippen LogP contribution in [0.25, 0.3) is 5.69 Å². The first-order valence-electron chi connectivity index (χ1n) is 7.46. The third kappa shape index (κ3) is 4.04. The Hall–Kier alpha value is -1.88. The molecular formula is C16H22N4O. The van der Waals surface area contributed by atoms with Gasteiger partial charge in [0.25, 0.3) is 0 Å². The van der Waals surface area contributed by atoms with E-state index in [2.05, 4.69) is 29.2 Å². The summed E-state index contributed by atoms with van der Waals surface area (Å²) in [7, 11) is 0. The maximum absolute atomic E-state index is 5.74. The molecule has 1 aliphatic carbocycles. The van der Waals surface area contributed by atoms with Crippen LogP contribution in [0.3, 0.4) is 0 Å².